The van der Waals surface area contributed by atoms with Crippen LogP contribution >= 0.6 is 11.3 Å². The summed E-state index contributed by atoms with van der Waals surface area (Å²) in [6, 6.07) is 6.80. The van der Waals surface area contributed by atoms with Crippen LogP contribution in [0.25, 0.3) is 5.69 Å². The Hall–Kier alpha value is -2.06. The van der Waals surface area contributed by atoms with Crippen molar-refractivity contribution >= 4 is 21.2 Å². The SMILES string of the molecule is Cc1nc(Cc2nc(C3CC3)nn2-c2ccc(S(C)(=O)=O)cc2)c(C)s1. The minimum Gasteiger partial charge on any atom is -0.246 e. The average Bonchev–Trinajstić information content (AvgIpc) is 3.27. The van der Waals surface area contributed by atoms with Gasteiger partial charge in [0.15, 0.2) is 15.7 Å². The van der Waals surface area contributed by atoms with Crippen molar-refractivity contribution in [2.24, 2.45) is 0 Å². The quantitative estimate of drug-likeness (QED) is 0.671. The lowest BCUT2D eigenvalue weighted by Gasteiger charge is -2.06. The summed E-state index contributed by atoms with van der Waals surface area (Å²) in [6.07, 6.45) is 4.09. The van der Waals surface area contributed by atoms with E-state index in [1.165, 1.54) is 11.1 Å². The van der Waals surface area contributed by atoms with Crippen molar-refractivity contribution in [3.8, 4) is 5.69 Å². The molecule has 0 atom stereocenters. The summed E-state index contributed by atoms with van der Waals surface area (Å²) in [6.45, 7) is 4.08. The molecule has 0 bridgehead atoms. The smallest absolute Gasteiger partial charge is 0.175 e. The Morgan fingerprint density at radius 1 is 1.15 bits per heavy atom. The summed E-state index contributed by atoms with van der Waals surface area (Å²) < 4.78 is 25.2. The zero-order valence-corrected chi connectivity index (χ0v) is 16.6. The highest BCUT2D eigenvalue weighted by atomic mass is 32.2. The van der Waals surface area contributed by atoms with Gasteiger partial charge in [-0.3, -0.25) is 0 Å². The molecule has 1 aliphatic carbocycles. The number of sulfone groups is 1. The molecule has 0 aliphatic heterocycles. The van der Waals surface area contributed by atoms with Crippen LogP contribution in [-0.4, -0.2) is 34.4 Å². The lowest BCUT2D eigenvalue weighted by atomic mass is 10.2. The number of aryl methyl sites for hydroxylation is 2. The molecule has 26 heavy (non-hydrogen) atoms. The Morgan fingerprint density at radius 2 is 1.85 bits per heavy atom. The molecule has 0 N–H and O–H groups in total. The fourth-order valence-electron chi connectivity index (χ4n) is 2.92. The highest BCUT2D eigenvalue weighted by Crippen LogP contribution is 2.38. The van der Waals surface area contributed by atoms with Crippen molar-refractivity contribution in [3.63, 3.8) is 0 Å². The second kappa shape index (κ2) is 6.28. The van der Waals surface area contributed by atoms with Crippen molar-refractivity contribution < 1.29 is 8.42 Å². The molecule has 2 aromatic heterocycles. The van der Waals surface area contributed by atoms with E-state index >= 15 is 0 Å². The van der Waals surface area contributed by atoms with Gasteiger partial charge >= 0.3 is 0 Å². The monoisotopic (exact) mass is 388 g/mol. The van der Waals surface area contributed by atoms with E-state index < -0.39 is 9.84 Å². The lowest BCUT2D eigenvalue weighted by molar-refractivity contribution is 0.602. The van der Waals surface area contributed by atoms with Gasteiger partial charge in [-0.25, -0.2) is 23.1 Å². The second-order valence-corrected chi connectivity index (χ2v) is 10.2. The number of benzene rings is 1. The summed E-state index contributed by atoms with van der Waals surface area (Å²) in [5, 5.41) is 5.74. The maximum absolute atomic E-state index is 11.7. The van der Waals surface area contributed by atoms with Gasteiger partial charge in [0, 0.05) is 17.1 Å². The summed E-state index contributed by atoms with van der Waals surface area (Å²) in [4.78, 5) is 10.9. The zero-order valence-electron chi connectivity index (χ0n) is 14.9. The van der Waals surface area contributed by atoms with Crippen LogP contribution in [0.1, 0.15) is 46.0 Å². The van der Waals surface area contributed by atoms with Crippen LogP contribution in [0.5, 0.6) is 0 Å². The van der Waals surface area contributed by atoms with E-state index in [9.17, 15) is 8.42 Å². The molecule has 1 saturated carbocycles. The van der Waals surface area contributed by atoms with Gasteiger partial charge in [0.25, 0.3) is 0 Å². The first-order chi connectivity index (χ1) is 12.3. The molecular formula is C18H20N4O2S2. The molecule has 0 spiro atoms. The molecule has 1 aromatic carbocycles. The molecule has 0 amide bonds. The van der Waals surface area contributed by atoms with Crippen molar-refractivity contribution in [2.75, 3.05) is 6.26 Å². The molecule has 1 aliphatic rings. The largest absolute Gasteiger partial charge is 0.246 e. The van der Waals surface area contributed by atoms with Gasteiger partial charge in [-0.05, 0) is 51.0 Å². The predicted molar refractivity (Wildman–Crippen MR) is 101 cm³/mol. The normalized spacial score (nSPS) is 14.7. The van der Waals surface area contributed by atoms with Crippen molar-refractivity contribution in [1.29, 1.82) is 0 Å². The maximum Gasteiger partial charge on any atom is 0.175 e. The molecule has 0 radical (unpaired) electrons. The number of aromatic nitrogens is 4. The Labute approximate surface area is 156 Å². The van der Waals surface area contributed by atoms with E-state index in [0.29, 0.717) is 17.2 Å². The van der Waals surface area contributed by atoms with Crippen LogP contribution in [-0.2, 0) is 16.3 Å². The molecule has 1 fully saturated rings. The highest BCUT2D eigenvalue weighted by molar-refractivity contribution is 7.90. The maximum atomic E-state index is 11.7. The van der Waals surface area contributed by atoms with Crippen LogP contribution < -0.4 is 0 Å². The van der Waals surface area contributed by atoms with Gasteiger partial charge in [0.1, 0.15) is 5.82 Å². The van der Waals surface area contributed by atoms with E-state index in [0.717, 1.165) is 40.9 Å². The Balaban J connectivity index is 1.73. The van der Waals surface area contributed by atoms with Gasteiger partial charge in [0.05, 0.1) is 27.7 Å². The molecule has 136 valence electrons. The van der Waals surface area contributed by atoms with Gasteiger partial charge in [-0.2, -0.15) is 5.10 Å². The van der Waals surface area contributed by atoms with Gasteiger partial charge in [-0.15, -0.1) is 11.3 Å². The second-order valence-electron chi connectivity index (χ2n) is 6.75. The van der Waals surface area contributed by atoms with Gasteiger partial charge in [-0.1, -0.05) is 0 Å². The summed E-state index contributed by atoms with van der Waals surface area (Å²) in [7, 11) is -3.22. The number of hydrogen-bond acceptors (Lipinski definition) is 6. The Kier molecular flexibility index (Phi) is 4.19. The fraction of sp³-hybridized carbons (Fsp3) is 0.389. The molecule has 4 rings (SSSR count). The lowest BCUT2D eigenvalue weighted by Crippen LogP contribution is -2.05. The third-order valence-electron chi connectivity index (χ3n) is 4.47. The first-order valence-corrected chi connectivity index (χ1v) is 11.2. The predicted octanol–water partition coefficient (Wildman–Crippen LogP) is 3.21. The fourth-order valence-corrected chi connectivity index (χ4v) is 4.38. The van der Waals surface area contributed by atoms with Gasteiger partial charge in [0.2, 0.25) is 0 Å². The van der Waals surface area contributed by atoms with E-state index in [1.54, 1.807) is 35.6 Å². The van der Waals surface area contributed by atoms with Crippen LogP contribution in [0, 0.1) is 13.8 Å². The zero-order chi connectivity index (χ0) is 18.5. The topological polar surface area (TPSA) is 77.7 Å². The van der Waals surface area contributed by atoms with Crippen LogP contribution in [0.4, 0.5) is 0 Å². The first-order valence-electron chi connectivity index (χ1n) is 8.50. The number of thiazole rings is 1. The van der Waals surface area contributed by atoms with Gasteiger partial charge < -0.3 is 0 Å². The number of hydrogen-bond donors (Lipinski definition) is 0. The van der Waals surface area contributed by atoms with E-state index in [4.69, 9.17) is 10.1 Å². The minimum atomic E-state index is -3.22. The molecular weight excluding hydrogens is 368 g/mol. The molecule has 2 heterocycles. The Morgan fingerprint density at radius 3 is 2.38 bits per heavy atom. The summed E-state index contributed by atoms with van der Waals surface area (Å²) >= 11 is 1.69. The third kappa shape index (κ3) is 3.43. The van der Waals surface area contributed by atoms with E-state index in [1.807, 2.05) is 11.6 Å². The van der Waals surface area contributed by atoms with E-state index in [-0.39, 0.29) is 0 Å². The number of nitrogens with zero attached hydrogens (tertiary/aromatic N) is 4. The molecule has 8 heteroatoms. The van der Waals surface area contributed by atoms with Crippen molar-refractivity contribution in [1.82, 2.24) is 19.7 Å². The summed E-state index contributed by atoms with van der Waals surface area (Å²) in [5.74, 6) is 2.16. The van der Waals surface area contributed by atoms with Crippen molar-refractivity contribution in [2.45, 2.75) is 43.9 Å². The third-order valence-corrected chi connectivity index (χ3v) is 6.52. The molecule has 0 saturated heterocycles. The molecule has 3 aromatic rings. The van der Waals surface area contributed by atoms with Crippen LogP contribution in [0.15, 0.2) is 29.2 Å². The standard InChI is InChI=1S/C18H20N4O2S2/c1-11-16(19-12(2)25-11)10-17-20-18(13-4-5-13)21-22(17)14-6-8-15(9-7-14)26(3,23)24/h6-9,13H,4-5,10H2,1-3H3. The Bertz CT molecular complexity index is 1060. The minimum absolute atomic E-state index is 0.302. The van der Waals surface area contributed by atoms with Crippen molar-refractivity contribution in [3.05, 3.63) is 51.5 Å². The molecule has 0 unspecified atom stereocenters. The summed E-state index contributed by atoms with van der Waals surface area (Å²) in [5.41, 5.74) is 1.84. The van der Waals surface area contributed by atoms with Crippen LogP contribution in [0.2, 0.25) is 0 Å². The average molecular weight is 389 g/mol. The molecule has 6 nitrogen and oxygen atoms in total. The highest BCUT2D eigenvalue weighted by Gasteiger charge is 2.29. The first kappa shape index (κ1) is 17.4. The number of rotatable bonds is 5. The van der Waals surface area contributed by atoms with E-state index in [2.05, 4.69) is 11.9 Å². The van der Waals surface area contributed by atoms with Crippen LogP contribution in [0.3, 0.4) is 0 Å².